The third-order valence-electron chi connectivity index (χ3n) is 4.40. The maximum Gasteiger partial charge on any atom is 0.277 e. The molecule has 2 aromatic heterocycles. The van der Waals surface area contributed by atoms with E-state index < -0.39 is 0 Å². The van der Waals surface area contributed by atoms with Gasteiger partial charge in [-0.05, 0) is 19.2 Å². The summed E-state index contributed by atoms with van der Waals surface area (Å²) in [5, 5.41) is 14.0. The highest BCUT2D eigenvalue weighted by Gasteiger charge is 2.16. The van der Waals surface area contributed by atoms with Gasteiger partial charge in [0.1, 0.15) is 10.8 Å². The highest BCUT2D eigenvalue weighted by Crippen LogP contribution is 2.27. The molecule has 0 aliphatic carbocycles. The Morgan fingerprint density at radius 2 is 2.11 bits per heavy atom. The number of nitrogens with zero attached hydrogens (tertiary/aromatic N) is 4. The monoisotopic (exact) mass is 399 g/mol. The van der Waals surface area contributed by atoms with E-state index in [4.69, 9.17) is 0 Å². The third-order valence-corrected chi connectivity index (χ3v) is 5.36. The van der Waals surface area contributed by atoms with E-state index in [0.29, 0.717) is 21.5 Å². The minimum atomic E-state index is -0.195. The molecule has 3 aromatic rings. The number of hydrogen-bond acceptors (Lipinski definition) is 8. The Balaban J connectivity index is 1.65. The molecule has 3 N–H and O–H groups in total. The van der Waals surface area contributed by atoms with Crippen LogP contribution in [0, 0.1) is 0 Å². The number of likely N-dealkylation sites (N-methyl/N-ethyl adjacent to an activating group) is 1. The molecule has 1 amide bonds. The van der Waals surface area contributed by atoms with Crippen LogP contribution in [0.4, 0.5) is 11.5 Å². The van der Waals surface area contributed by atoms with Gasteiger partial charge in [0.15, 0.2) is 0 Å². The normalized spacial score (nSPS) is 14.4. The molecule has 1 aliphatic rings. The van der Waals surface area contributed by atoms with Gasteiger partial charge in [0.2, 0.25) is 10.9 Å². The molecule has 1 aliphatic heterocycles. The van der Waals surface area contributed by atoms with Crippen molar-refractivity contribution in [2.45, 2.75) is 0 Å². The van der Waals surface area contributed by atoms with Crippen LogP contribution in [0.3, 0.4) is 0 Å². The first-order valence-electron chi connectivity index (χ1n) is 9.05. The molecule has 0 spiro atoms. The van der Waals surface area contributed by atoms with Crippen LogP contribution in [0.1, 0.15) is 0 Å². The van der Waals surface area contributed by atoms with Gasteiger partial charge in [-0.1, -0.05) is 23.5 Å². The van der Waals surface area contributed by atoms with E-state index >= 15 is 0 Å². The molecule has 28 heavy (non-hydrogen) atoms. The molecular weight excluding hydrogens is 378 g/mol. The van der Waals surface area contributed by atoms with Crippen molar-refractivity contribution in [1.82, 2.24) is 25.2 Å². The molecule has 9 nitrogen and oxygen atoms in total. The predicted molar refractivity (Wildman–Crippen MR) is 110 cm³/mol. The summed E-state index contributed by atoms with van der Waals surface area (Å²) in [6.07, 6.45) is 0. The zero-order chi connectivity index (χ0) is 19.5. The smallest absolute Gasteiger partial charge is 0.277 e. The molecule has 3 heterocycles. The fraction of sp³-hybridized carbons (Fsp3) is 0.333. The average Bonchev–Trinajstić information content (AvgIpc) is 3.14. The summed E-state index contributed by atoms with van der Waals surface area (Å²) in [5.74, 6) is 0.567. The first kappa shape index (κ1) is 18.5. The number of carbonyl (C=O) groups is 1. The Kier molecular flexibility index (Phi) is 5.33. The van der Waals surface area contributed by atoms with Gasteiger partial charge in [-0.25, -0.2) is 4.98 Å². The van der Waals surface area contributed by atoms with Crippen LogP contribution in [0.5, 0.6) is 0 Å². The summed E-state index contributed by atoms with van der Waals surface area (Å²) in [6, 6.07) is 8.94. The first-order valence-corrected chi connectivity index (χ1v) is 9.87. The highest BCUT2D eigenvalue weighted by molar-refractivity contribution is 7.19. The summed E-state index contributed by atoms with van der Waals surface area (Å²) in [5.41, 5.74) is 1.30. The molecule has 1 aromatic carbocycles. The van der Waals surface area contributed by atoms with E-state index in [1.807, 2.05) is 24.3 Å². The number of rotatable bonds is 5. The lowest BCUT2D eigenvalue weighted by molar-refractivity contribution is -0.115. The van der Waals surface area contributed by atoms with Crippen molar-refractivity contribution in [2.75, 3.05) is 50.0 Å². The van der Waals surface area contributed by atoms with E-state index in [1.54, 1.807) is 7.05 Å². The van der Waals surface area contributed by atoms with Gasteiger partial charge >= 0.3 is 0 Å². The Hall–Kier alpha value is -2.82. The molecule has 146 valence electrons. The molecular formula is C18H21N7O2S. The quantitative estimate of drug-likeness (QED) is 0.570. The second-order valence-corrected chi connectivity index (χ2v) is 7.41. The molecule has 10 heteroatoms. The Labute approximate surface area is 165 Å². The van der Waals surface area contributed by atoms with E-state index in [0.717, 1.165) is 31.7 Å². The summed E-state index contributed by atoms with van der Waals surface area (Å²) in [4.78, 5) is 31.6. The number of hydrogen-bond donors (Lipinski definition) is 3. The Morgan fingerprint density at radius 1 is 1.29 bits per heavy atom. The maximum atomic E-state index is 12.5. The Bertz CT molecular complexity index is 1060. The van der Waals surface area contributed by atoms with Gasteiger partial charge in [-0.15, -0.1) is 0 Å². The number of nitrogens with one attached hydrogen (secondary N) is 3. The molecule has 0 bridgehead atoms. The summed E-state index contributed by atoms with van der Waals surface area (Å²) in [7, 11) is 1.72. The molecule has 1 saturated heterocycles. The van der Waals surface area contributed by atoms with Crippen molar-refractivity contribution in [2.24, 2.45) is 0 Å². The van der Waals surface area contributed by atoms with E-state index in [9.17, 15) is 9.59 Å². The zero-order valence-electron chi connectivity index (χ0n) is 15.4. The lowest BCUT2D eigenvalue weighted by Crippen LogP contribution is -2.44. The van der Waals surface area contributed by atoms with Crippen molar-refractivity contribution in [3.8, 4) is 10.6 Å². The standard InChI is InChI=1S/C18H21N7O2S/c1-19-11-15(26)21-13-4-2-3-12(9-13)17-23-25-16(27)10-14(22-18(25)28-17)24-7-5-20-6-8-24/h2-4,9-10,19-20H,5-8,11H2,1H3,(H,21,26). The maximum absolute atomic E-state index is 12.5. The van der Waals surface area contributed by atoms with Gasteiger partial charge in [-0.2, -0.15) is 9.61 Å². The molecule has 1 fully saturated rings. The van der Waals surface area contributed by atoms with Crippen molar-refractivity contribution in [3.63, 3.8) is 0 Å². The SMILES string of the molecule is CNCC(=O)Nc1cccc(-c2nn3c(=O)cc(N4CCNCC4)nc3s2)c1. The number of benzene rings is 1. The summed E-state index contributed by atoms with van der Waals surface area (Å²) < 4.78 is 1.33. The van der Waals surface area contributed by atoms with Crippen molar-refractivity contribution in [3.05, 3.63) is 40.7 Å². The van der Waals surface area contributed by atoms with Crippen molar-refractivity contribution < 1.29 is 4.79 Å². The number of amides is 1. The minimum absolute atomic E-state index is 0.123. The van der Waals surface area contributed by atoms with Crippen LogP contribution in [0.2, 0.25) is 0 Å². The number of piperazine rings is 1. The van der Waals surface area contributed by atoms with Crippen LogP contribution in [0.15, 0.2) is 35.1 Å². The lowest BCUT2D eigenvalue weighted by Gasteiger charge is -2.27. The number of aromatic nitrogens is 3. The fourth-order valence-electron chi connectivity index (χ4n) is 3.07. The summed E-state index contributed by atoms with van der Waals surface area (Å²) in [6.45, 7) is 3.63. The van der Waals surface area contributed by atoms with E-state index in [-0.39, 0.29) is 18.0 Å². The first-order chi connectivity index (χ1) is 13.6. The van der Waals surface area contributed by atoms with Gasteiger partial charge in [-0.3, -0.25) is 9.59 Å². The van der Waals surface area contributed by atoms with Gasteiger partial charge in [0.05, 0.1) is 6.54 Å². The average molecular weight is 399 g/mol. The third kappa shape index (κ3) is 3.88. The molecule has 0 unspecified atom stereocenters. The van der Waals surface area contributed by atoms with E-state index in [2.05, 4.69) is 30.9 Å². The minimum Gasteiger partial charge on any atom is -0.354 e. The van der Waals surface area contributed by atoms with E-state index in [1.165, 1.54) is 21.9 Å². The van der Waals surface area contributed by atoms with Gasteiger partial charge < -0.3 is 20.9 Å². The van der Waals surface area contributed by atoms with Crippen LogP contribution in [-0.2, 0) is 4.79 Å². The molecule has 0 atom stereocenters. The van der Waals surface area contributed by atoms with Crippen LogP contribution in [0.25, 0.3) is 15.5 Å². The van der Waals surface area contributed by atoms with Gasteiger partial charge in [0, 0.05) is 43.5 Å². The fourth-order valence-corrected chi connectivity index (χ4v) is 3.96. The molecule has 0 saturated carbocycles. The van der Waals surface area contributed by atoms with Gasteiger partial charge in [0.25, 0.3) is 5.56 Å². The van der Waals surface area contributed by atoms with Crippen molar-refractivity contribution in [1.29, 1.82) is 0 Å². The molecule has 4 rings (SSSR count). The predicted octanol–water partition coefficient (Wildman–Crippen LogP) is 0.385. The largest absolute Gasteiger partial charge is 0.354 e. The zero-order valence-corrected chi connectivity index (χ0v) is 16.3. The lowest BCUT2D eigenvalue weighted by atomic mass is 10.2. The summed E-state index contributed by atoms with van der Waals surface area (Å²) >= 11 is 1.35. The van der Waals surface area contributed by atoms with Crippen molar-refractivity contribution >= 4 is 33.7 Å². The highest BCUT2D eigenvalue weighted by atomic mass is 32.1. The van der Waals surface area contributed by atoms with Crippen LogP contribution < -0.4 is 26.4 Å². The second kappa shape index (κ2) is 8.05. The topological polar surface area (TPSA) is 104 Å². The molecule has 0 radical (unpaired) electrons. The van der Waals surface area contributed by atoms with Crippen LogP contribution in [-0.4, -0.2) is 60.3 Å². The number of anilines is 2. The van der Waals surface area contributed by atoms with Crippen LogP contribution >= 0.6 is 11.3 Å². The second-order valence-electron chi connectivity index (χ2n) is 6.45. The number of carbonyl (C=O) groups excluding carboxylic acids is 1. The number of fused-ring (bicyclic) bond motifs is 1. The Morgan fingerprint density at radius 3 is 2.89 bits per heavy atom.